The SMILES string of the molecule is O=C(O)[C@H]1CC[C@@H](C(=O)Nc2ccc([N+](=O)[O-])cc2)C1. The highest BCUT2D eigenvalue weighted by atomic mass is 16.6. The van der Waals surface area contributed by atoms with Crippen molar-refractivity contribution in [2.45, 2.75) is 19.3 Å². The molecular formula is C13H14N2O5. The summed E-state index contributed by atoms with van der Waals surface area (Å²) in [5.74, 6) is -1.87. The molecule has 1 aromatic rings. The summed E-state index contributed by atoms with van der Waals surface area (Å²) in [5.41, 5.74) is 0.425. The molecule has 0 spiro atoms. The second-order valence-corrected chi connectivity index (χ2v) is 4.84. The minimum atomic E-state index is -0.865. The van der Waals surface area contributed by atoms with Crippen molar-refractivity contribution in [2.24, 2.45) is 11.8 Å². The van der Waals surface area contributed by atoms with E-state index in [2.05, 4.69) is 5.32 Å². The number of hydrogen-bond donors (Lipinski definition) is 2. The fourth-order valence-electron chi connectivity index (χ4n) is 2.35. The summed E-state index contributed by atoms with van der Waals surface area (Å²) in [6.07, 6.45) is 1.40. The number of anilines is 1. The predicted molar refractivity (Wildman–Crippen MR) is 70.2 cm³/mol. The summed E-state index contributed by atoms with van der Waals surface area (Å²) in [4.78, 5) is 32.8. The number of nitrogens with zero attached hydrogens (tertiary/aromatic N) is 1. The number of carboxylic acids is 1. The number of aliphatic carboxylic acids is 1. The van der Waals surface area contributed by atoms with Gasteiger partial charge in [-0.15, -0.1) is 0 Å². The van der Waals surface area contributed by atoms with E-state index in [1.54, 1.807) is 0 Å². The van der Waals surface area contributed by atoms with Crippen LogP contribution in [-0.2, 0) is 9.59 Å². The lowest BCUT2D eigenvalue weighted by atomic mass is 10.0. The Labute approximate surface area is 114 Å². The maximum Gasteiger partial charge on any atom is 0.306 e. The van der Waals surface area contributed by atoms with Crippen molar-refractivity contribution in [2.75, 3.05) is 5.32 Å². The minimum absolute atomic E-state index is 0.0465. The van der Waals surface area contributed by atoms with Crippen LogP contribution in [0.1, 0.15) is 19.3 Å². The van der Waals surface area contributed by atoms with E-state index >= 15 is 0 Å². The van der Waals surface area contributed by atoms with Crippen molar-refractivity contribution >= 4 is 23.3 Å². The quantitative estimate of drug-likeness (QED) is 0.646. The number of non-ortho nitro benzene ring substituents is 1. The van der Waals surface area contributed by atoms with Gasteiger partial charge in [-0.05, 0) is 31.4 Å². The largest absolute Gasteiger partial charge is 0.481 e. The number of nitrogens with one attached hydrogen (secondary N) is 1. The second kappa shape index (κ2) is 5.68. The third kappa shape index (κ3) is 3.11. The van der Waals surface area contributed by atoms with Crippen LogP contribution >= 0.6 is 0 Å². The van der Waals surface area contributed by atoms with E-state index in [1.807, 2.05) is 0 Å². The van der Waals surface area contributed by atoms with Gasteiger partial charge in [0.25, 0.3) is 5.69 Å². The van der Waals surface area contributed by atoms with Crippen molar-refractivity contribution in [1.29, 1.82) is 0 Å². The van der Waals surface area contributed by atoms with Crippen molar-refractivity contribution in [3.63, 3.8) is 0 Å². The Kier molecular flexibility index (Phi) is 3.97. The van der Waals surface area contributed by atoms with Gasteiger partial charge in [0.05, 0.1) is 10.8 Å². The van der Waals surface area contributed by atoms with Gasteiger partial charge < -0.3 is 10.4 Å². The van der Waals surface area contributed by atoms with E-state index in [0.717, 1.165) is 0 Å². The maximum absolute atomic E-state index is 12.0. The van der Waals surface area contributed by atoms with E-state index in [0.29, 0.717) is 24.9 Å². The molecule has 0 saturated heterocycles. The monoisotopic (exact) mass is 278 g/mol. The van der Waals surface area contributed by atoms with Crippen LogP contribution in [0.15, 0.2) is 24.3 Å². The van der Waals surface area contributed by atoms with Gasteiger partial charge in [0.15, 0.2) is 0 Å². The minimum Gasteiger partial charge on any atom is -0.481 e. The Morgan fingerprint density at radius 3 is 2.30 bits per heavy atom. The highest BCUT2D eigenvalue weighted by molar-refractivity contribution is 5.93. The van der Waals surface area contributed by atoms with Gasteiger partial charge in [0.1, 0.15) is 0 Å². The van der Waals surface area contributed by atoms with Crippen molar-refractivity contribution in [3.8, 4) is 0 Å². The molecule has 0 bridgehead atoms. The Bertz CT molecular complexity index is 540. The first-order valence-electron chi connectivity index (χ1n) is 6.25. The number of benzene rings is 1. The number of nitro groups is 1. The van der Waals surface area contributed by atoms with Crippen LogP contribution in [0.25, 0.3) is 0 Å². The molecule has 1 aromatic carbocycles. The molecule has 1 fully saturated rings. The highest BCUT2D eigenvalue weighted by Crippen LogP contribution is 2.32. The molecule has 2 rings (SSSR count). The van der Waals surface area contributed by atoms with Gasteiger partial charge in [-0.25, -0.2) is 0 Å². The molecule has 7 nitrogen and oxygen atoms in total. The Balaban J connectivity index is 1.95. The summed E-state index contributed by atoms with van der Waals surface area (Å²) in [5, 5.41) is 22.1. The van der Waals surface area contributed by atoms with Crippen LogP contribution in [0.3, 0.4) is 0 Å². The smallest absolute Gasteiger partial charge is 0.306 e. The lowest BCUT2D eigenvalue weighted by Gasteiger charge is -2.10. The molecule has 7 heteroatoms. The Morgan fingerprint density at radius 2 is 1.80 bits per heavy atom. The van der Waals surface area contributed by atoms with Crippen LogP contribution in [0.4, 0.5) is 11.4 Å². The van der Waals surface area contributed by atoms with Gasteiger partial charge >= 0.3 is 5.97 Å². The zero-order chi connectivity index (χ0) is 14.7. The average molecular weight is 278 g/mol. The lowest BCUT2D eigenvalue weighted by molar-refractivity contribution is -0.384. The molecule has 20 heavy (non-hydrogen) atoms. The molecule has 1 saturated carbocycles. The summed E-state index contributed by atoms with van der Waals surface area (Å²) in [6.45, 7) is 0. The summed E-state index contributed by atoms with van der Waals surface area (Å²) in [7, 11) is 0. The molecule has 1 aliphatic rings. The van der Waals surface area contributed by atoms with E-state index < -0.39 is 16.8 Å². The standard InChI is InChI=1S/C13H14N2O5/c16-12(8-1-2-9(7-8)13(17)18)14-10-3-5-11(6-4-10)15(19)20/h3-6,8-9H,1-2,7H2,(H,14,16)(H,17,18)/t8-,9+/m1/s1. The fourth-order valence-corrected chi connectivity index (χ4v) is 2.35. The van der Waals surface area contributed by atoms with Crippen molar-refractivity contribution < 1.29 is 19.6 Å². The highest BCUT2D eigenvalue weighted by Gasteiger charge is 2.33. The summed E-state index contributed by atoms with van der Waals surface area (Å²) in [6, 6.07) is 5.54. The normalized spacial score (nSPS) is 21.4. The summed E-state index contributed by atoms with van der Waals surface area (Å²) < 4.78 is 0. The number of hydrogen-bond acceptors (Lipinski definition) is 4. The molecule has 0 heterocycles. The molecule has 0 radical (unpaired) electrons. The number of carbonyl (C=O) groups excluding carboxylic acids is 1. The molecule has 0 unspecified atom stereocenters. The summed E-state index contributed by atoms with van der Waals surface area (Å²) >= 11 is 0. The van der Waals surface area contributed by atoms with Crippen LogP contribution in [-0.4, -0.2) is 21.9 Å². The van der Waals surface area contributed by atoms with Gasteiger partial charge in [-0.2, -0.15) is 0 Å². The average Bonchev–Trinajstić information content (AvgIpc) is 2.89. The fraction of sp³-hybridized carbons (Fsp3) is 0.385. The number of carboxylic acid groups (broad SMARTS) is 1. The molecule has 2 atom stereocenters. The number of amides is 1. The van der Waals surface area contributed by atoms with Crippen LogP contribution in [0.2, 0.25) is 0 Å². The Hall–Kier alpha value is -2.44. The van der Waals surface area contributed by atoms with E-state index in [-0.39, 0.29) is 17.5 Å². The zero-order valence-electron chi connectivity index (χ0n) is 10.6. The molecule has 0 aliphatic heterocycles. The molecule has 0 aromatic heterocycles. The molecule has 106 valence electrons. The number of nitro benzene ring substituents is 1. The molecule has 1 amide bonds. The maximum atomic E-state index is 12.0. The Morgan fingerprint density at radius 1 is 1.20 bits per heavy atom. The van der Waals surface area contributed by atoms with Crippen LogP contribution in [0.5, 0.6) is 0 Å². The lowest BCUT2D eigenvalue weighted by Crippen LogP contribution is -2.21. The van der Waals surface area contributed by atoms with Crippen molar-refractivity contribution in [1.82, 2.24) is 0 Å². The van der Waals surface area contributed by atoms with E-state index in [1.165, 1.54) is 24.3 Å². The van der Waals surface area contributed by atoms with Crippen LogP contribution < -0.4 is 5.32 Å². The van der Waals surface area contributed by atoms with Gasteiger partial charge in [-0.3, -0.25) is 19.7 Å². The van der Waals surface area contributed by atoms with Gasteiger partial charge in [0.2, 0.25) is 5.91 Å². The molecule has 2 N–H and O–H groups in total. The topological polar surface area (TPSA) is 110 Å². The third-order valence-electron chi connectivity index (χ3n) is 3.50. The van der Waals surface area contributed by atoms with Gasteiger partial charge in [-0.1, -0.05) is 0 Å². The van der Waals surface area contributed by atoms with Gasteiger partial charge in [0, 0.05) is 23.7 Å². The first-order valence-corrected chi connectivity index (χ1v) is 6.25. The molecule has 1 aliphatic carbocycles. The number of rotatable bonds is 4. The second-order valence-electron chi connectivity index (χ2n) is 4.84. The van der Waals surface area contributed by atoms with E-state index in [4.69, 9.17) is 5.11 Å². The number of carbonyl (C=O) groups is 2. The van der Waals surface area contributed by atoms with Crippen molar-refractivity contribution in [3.05, 3.63) is 34.4 Å². The zero-order valence-corrected chi connectivity index (χ0v) is 10.6. The first kappa shape index (κ1) is 14.0. The predicted octanol–water partition coefficient (Wildman–Crippen LogP) is 2.03. The van der Waals surface area contributed by atoms with E-state index in [9.17, 15) is 19.7 Å². The molecular weight excluding hydrogens is 264 g/mol. The van der Waals surface area contributed by atoms with Crippen LogP contribution in [0, 0.1) is 22.0 Å². The first-order chi connectivity index (χ1) is 9.47. The third-order valence-corrected chi connectivity index (χ3v) is 3.50.